The van der Waals surface area contributed by atoms with Gasteiger partial charge in [0.15, 0.2) is 0 Å². The molecule has 0 bridgehead atoms. The number of morpholine rings is 1. The molecule has 2 aliphatic rings. The first-order valence-corrected chi connectivity index (χ1v) is 10.9. The molecule has 29 heavy (non-hydrogen) atoms. The average Bonchev–Trinajstić information content (AvgIpc) is 2.72. The van der Waals surface area contributed by atoms with E-state index in [0.29, 0.717) is 43.1 Å². The van der Waals surface area contributed by atoms with Gasteiger partial charge >= 0.3 is 0 Å². The molecule has 4 rings (SSSR count). The van der Waals surface area contributed by atoms with Crippen LogP contribution < -0.4 is 9.62 Å². The highest BCUT2D eigenvalue weighted by atomic mass is 32.2. The largest absolute Gasteiger partial charge is 0.379 e. The van der Waals surface area contributed by atoms with Crippen LogP contribution >= 0.6 is 0 Å². The van der Waals surface area contributed by atoms with Gasteiger partial charge in [-0.15, -0.1) is 0 Å². The molecule has 0 spiro atoms. The number of amides is 1. The number of fused-ring (bicyclic) bond motifs is 3. The molecule has 1 saturated heterocycles. The maximum Gasteiger partial charge on any atom is 0.265 e. The van der Waals surface area contributed by atoms with Crippen molar-refractivity contribution in [1.29, 1.82) is 0 Å². The third-order valence-corrected chi connectivity index (χ3v) is 6.93. The lowest BCUT2D eigenvalue weighted by atomic mass is 10.0. The molecule has 9 heteroatoms. The van der Waals surface area contributed by atoms with Gasteiger partial charge in [0.25, 0.3) is 10.0 Å². The third-order valence-electron chi connectivity index (χ3n) is 5.11. The van der Waals surface area contributed by atoms with Crippen molar-refractivity contribution in [1.82, 2.24) is 10.2 Å². The van der Waals surface area contributed by atoms with Crippen LogP contribution in [0.5, 0.6) is 0 Å². The first-order valence-electron chi connectivity index (χ1n) is 9.45. The number of ether oxygens (including phenoxy) is 1. The Morgan fingerprint density at radius 3 is 2.66 bits per heavy atom. The monoisotopic (exact) mass is 419 g/mol. The van der Waals surface area contributed by atoms with E-state index in [1.54, 1.807) is 18.2 Å². The molecule has 0 aromatic heterocycles. The van der Waals surface area contributed by atoms with Crippen molar-refractivity contribution in [3.8, 4) is 11.1 Å². The van der Waals surface area contributed by atoms with Crippen LogP contribution in [-0.2, 0) is 19.6 Å². The number of halogens is 1. The molecular weight excluding hydrogens is 397 g/mol. The summed E-state index contributed by atoms with van der Waals surface area (Å²) in [5, 5.41) is 2.78. The first-order chi connectivity index (χ1) is 14.0. The lowest BCUT2D eigenvalue weighted by molar-refractivity contribution is -0.119. The van der Waals surface area contributed by atoms with Crippen LogP contribution in [0.15, 0.2) is 47.4 Å². The zero-order valence-corrected chi connectivity index (χ0v) is 16.6. The van der Waals surface area contributed by atoms with Crippen LogP contribution in [0.4, 0.5) is 10.1 Å². The molecule has 154 valence electrons. The summed E-state index contributed by atoms with van der Waals surface area (Å²) in [5.74, 6) is -0.871. The Hall–Kier alpha value is -2.49. The van der Waals surface area contributed by atoms with Crippen LogP contribution in [0, 0.1) is 5.82 Å². The summed E-state index contributed by atoms with van der Waals surface area (Å²) in [5.41, 5.74) is 1.19. The van der Waals surface area contributed by atoms with Gasteiger partial charge in [0.05, 0.1) is 23.8 Å². The van der Waals surface area contributed by atoms with E-state index >= 15 is 0 Å². The molecule has 0 aliphatic carbocycles. The van der Waals surface area contributed by atoms with Crippen LogP contribution in [0.25, 0.3) is 11.1 Å². The topological polar surface area (TPSA) is 79.0 Å². The summed E-state index contributed by atoms with van der Waals surface area (Å²) in [6.07, 6.45) is 0. The maximum absolute atomic E-state index is 13.9. The summed E-state index contributed by atoms with van der Waals surface area (Å²) in [7, 11) is -3.93. The summed E-state index contributed by atoms with van der Waals surface area (Å²) in [4.78, 5) is 14.7. The molecule has 1 N–H and O–H groups in total. The van der Waals surface area contributed by atoms with Gasteiger partial charge in [-0.05, 0) is 24.3 Å². The molecule has 7 nitrogen and oxygen atoms in total. The molecule has 2 aliphatic heterocycles. The van der Waals surface area contributed by atoms with Gasteiger partial charge in [0.1, 0.15) is 12.4 Å². The lowest BCUT2D eigenvalue weighted by Gasteiger charge is -2.31. The Kier molecular flexibility index (Phi) is 5.53. The Morgan fingerprint density at radius 2 is 1.86 bits per heavy atom. The SMILES string of the molecule is O=C(CN1c2ccc(F)cc2-c2ccccc2S1(=O)=O)NCCN1CCOCC1. The van der Waals surface area contributed by atoms with Crippen LogP contribution in [0.2, 0.25) is 0 Å². The second kappa shape index (κ2) is 8.10. The lowest BCUT2D eigenvalue weighted by Crippen LogP contribution is -2.45. The van der Waals surface area contributed by atoms with Crippen molar-refractivity contribution in [2.75, 3.05) is 50.2 Å². The van der Waals surface area contributed by atoms with Crippen molar-refractivity contribution in [2.45, 2.75) is 4.90 Å². The van der Waals surface area contributed by atoms with Gasteiger partial charge in [-0.1, -0.05) is 18.2 Å². The van der Waals surface area contributed by atoms with Gasteiger partial charge in [0.2, 0.25) is 5.91 Å². The van der Waals surface area contributed by atoms with Crippen molar-refractivity contribution in [2.24, 2.45) is 0 Å². The second-order valence-corrected chi connectivity index (χ2v) is 8.80. The molecule has 1 amide bonds. The van der Waals surface area contributed by atoms with Crippen LogP contribution in [0.3, 0.4) is 0 Å². The van der Waals surface area contributed by atoms with Crippen molar-refractivity contribution < 1.29 is 22.3 Å². The number of benzene rings is 2. The summed E-state index contributed by atoms with van der Waals surface area (Å²) >= 11 is 0. The van der Waals surface area contributed by atoms with Crippen molar-refractivity contribution >= 4 is 21.6 Å². The maximum atomic E-state index is 13.9. The summed E-state index contributed by atoms with van der Waals surface area (Å²) in [6, 6.07) is 10.3. The average molecular weight is 419 g/mol. The normalized spacial score (nSPS) is 18.0. The third kappa shape index (κ3) is 3.98. The number of hydrogen-bond acceptors (Lipinski definition) is 5. The molecule has 0 saturated carbocycles. The van der Waals surface area contributed by atoms with Crippen molar-refractivity contribution in [3.63, 3.8) is 0 Å². The summed E-state index contributed by atoms with van der Waals surface area (Å²) < 4.78 is 46.5. The number of carbonyl (C=O) groups excluding carboxylic acids is 1. The molecular formula is C20H22FN3O4S. The van der Waals surface area contributed by atoms with Crippen LogP contribution in [0.1, 0.15) is 0 Å². The molecule has 2 heterocycles. The zero-order valence-electron chi connectivity index (χ0n) is 15.8. The quantitative estimate of drug-likeness (QED) is 0.794. The Bertz CT molecular complexity index is 1020. The van der Waals surface area contributed by atoms with E-state index in [4.69, 9.17) is 4.74 Å². The number of nitrogens with zero attached hydrogens (tertiary/aromatic N) is 2. The predicted molar refractivity (Wildman–Crippen MR) is 107 cm³/mol. The highest BCUT2D eigenvalue weighted by Crippen LogP contribution is 2.42. The van der Waals surface area contributed by atoms with Gasteiger partial charge in [-0.2, -0.15) is 0 Å². The molecule has 0 radical (unpaired) electrons. The molecule has 0 atom stereocenters. The summed E-state index contributed by atoms with van der Waals surface area (Å²) in [6.45, 7) is 3.70. The number of sulfonamides is 1. The minimum absolute atomic E-state index is 0.0687. The molecule has 0 unspecified atom stereocenters. The van der Waals surface area contributed by atoms with Crippen LogP contribution in [-0.4, -0.2) is 65.2 Å². The Balaban J connectivity index is 1.53. The Morgan fingerprint density at radius 1 is 1.10 bits per heavy atom. The van der Waals surface area contributed by atoms with Gasteiger partial charge in [-0.25, -0.2) is 12.8 Å². The number of nitrogens with one attached hydrogen (secondary N) is 1. The van der Waals surface area contributed by atoms with E-state index in [0.717, 1.165) is 17.4 Å². The second-order valence-electron chi connectivity index (χ2n) is 6.97. The fourth-order valence-corrected chi connectivity index (χ4v) is 5.29. The Labute approximate surface area is 169 Å². The van der Waals surface area contributed by atoms with E-state index in [1.807, 2.05) is 0 Å². The minimum atomic E-state index is -3.93. The number of carbonyl (C=O) groups is 1. The molecule has 1 fully saturated rings. The zero-order chi connectivity index (χ0) is 20.4. The van der Waals surface area contributed by atoms with E-state index in [1.165, 1.54) is 24.3 Å². The van der Waals surface area contributed by atoms with E-state index in [9.17, 15) is 17.6 Å². The van der Waals surface area contributed by atoms with Gasteiger partial charge < -0.3 is 10.1 Å². The highest BCUT2D eigenvalue weighted by Gasteiger charge is 2.36. The standard InChI is InChI=1S/C20H22FN3O4S/c21-15-5-6-18-17(13-15)16-3-1-2-4-19(16)29(26,27)24(18)14-20(25)22-7-8-23-9-11-28-12-10-23/h1-6,13H,7-12,14H2,(H,22,25). The number of anilines is 1. The first kappa shape index (κ1) is 19.8. The molecule has 2 aromatic carbocycles. The predicted octanol–water partition coefficient (Wildman–Crippen LogP) is 1.45. The number of rotatable bonds is 5. The van der Waals surface area contributed by atoms with Gasteiger partial charge in [-0.3, -0.25) is 14.0 Å². The van der Waals surface area contributed by atoms with E-state index in [2.05, 4.69) is 10.2 Å². The van der Waals surface area contributed by atoms with E-state index in [-0.39, 0.29) is 11.4 Å². The molecule has 2 aromatic rings. The van der Waals surface area contributed by atoms with E-state index < -0.39 is 21.7 Å². The fraction of sp³-hybridized carbons (Fsp3) is 0.350. The fourth-order valence-electron chi connectivity index (χ4n) is 3.64. The van der Waals surface area contributed by atoms with Gasteiger partial charge in [0, 0.05) is 37.3 Å². The smallest absolute Gasteiger partial charge is 0.265 e. The highest BCUT2D eigenvalue weighted by molar-refractivity contribution is 7.93. The number of hydrogen-bond donors (Lipinski definition) is 1. The van der Waals surface area contributed by atoms with Crippen molar-refractivity contribution in [3.05, 3.63) is 48.3 Å². The minimum Gasteiger partial charge on any atom is -0.379 e.